The molecule has 0 aliphatic rings. The van der Waals surface area contributed by atoms with E-state index in [1.54, 1.807) is 6.20 Å². The zero-order valence-corrected chi connectivity index (χ0v) is 26.7. The second-order valence-electron chi connectivity index (χ2n) is 12.4. The van der Waals surface area contributed by atoms with E-state index in [0.717, 1.165) is 94.2 Å². The normalized spacial score (nSPS) is 11.6. The van der Waals surface area contributed by atoms with Gasteiger partial charge in [0.05, 0.1) is 17.0 Å². The van der Waals surface area contributed by atoms with Crippen molar-refractivity contribution in [3.05, 3.63) is 164 Å². The Morgan fingerprint density at radius 1 is 0.400 bits per heavy atom. The first-order chi connectivity index (χ1) is 24.8. The zero-order chi connectivity index (χ0) is 33.0. The van der Waals surface area contributed by atoms with Crippen molar-refractivity contribution in [2.75, 3.05) is 0 Å². The van der Waals surface area contributed by atoms with Gasteiger partial charge in [0.15, 0.2) is 5.82 Å². The molecule has 0 atom stereocenters. The van der Waals surface area contributed by atoms with E-state index in [9.17, 15) is 0 Å². The van der Waals surface area contributed by atoms with Crippen molar-refractivity contribution >= 4 is 43.9 Å². The first kappa shape index (κ1) is 28.2. The molecule has 0 unspecified atom stereocenters. The molecule has 0 aliphatic heterocycles. The molecule has 0 saturated heterocycles. The summed E-state index contributed by atoms with van der Waals surface area (Å²) >= 11 is 0. The van der Waals surface area contributed by atoms with E-state index in [1.165, 1.54) is 0 Å². The summed E-state index contributed by atoms with van der Waals surface area (Å²) in [4.78, 5) is 14.9. The molecule has 0 aliphatic carbocycles. The number of para-hydroxylation sites is 3. The summed E-state index contributed by atoms with van der Waals surface area (Å²) in [6.45, 7) is 0. The molecule has 5 heteroatoms. The van der Waals surface area contributed by atoms with Gasteiger partial charge in [-0.25, -0.2) is 9.97 Å². The molecule has 50 heavy (non-hydrogen) atoms. The number of pyridine rings is 1. The van der Waals surface area contributed by atoms with Crippen LogP contribution in [0.2, 0.25) is 0 Å². The van der Waals surface area contributed by atoms with Gasteiger partial charge in [-0.1, -0.05) is 121 Å². The summed E-state index contributed by atoms with van der Waals surface area (Å²) in [5.74, 6) is 0.583. The second kappa shape index (κ2) is 11.4. The molecular weight excluding hydrogens is 615 g/mol. The Labute approximate surface area is 287 Å². The quantitative estimate of drug-likeness (QED) is 0.187. The minimum absolute atomic E-state index is 0.583. The number of hydrogen-bond donors (Lipinski definition) is 0. The summed E-state index contributed by atoms with van der Waals surface area (Å²) < 4.78 is 13.2. The summed E-state index contributed by atoms with van der Waals surface area (Å²) in [6.07, 6.45) is 3.68. The fourth-order valence-electron chi connectivity index (χ4n) is 7.13. The Balaban J connectivity index is 1.25. The van der Waals surface area contributed by atoms with Crippen LogP contribution < -0.4 is 0 Å². The van der Waals surface area contributed by atoms with E-state index in [2.05, 4.69) is 89.9 Å². The van der Waals surface area contributed by atoms with E-state index in [1.807, 2.05) is 72.9 Å². The van der Waals surface area contributed by atoms with E-state index in [0.29, 0.717) is 5.82 Å². The van der Waals surface area contributed by atoms with Gasteiger partial charge in [0.1, 0.15) is 22.3 Å². The molecular formula is C45H27N3O2. The predicted octanol–water partition coefficient (Wildman–Crippen LogP) is 12.0. The van der Waals surface area contributed by atoms with Crippen molar-refractivity contribution in [2.24, 2.45) is 0 Å². The number of furan rings is 2. The molecule has 6 aromatic carbocycles. The van der Waals surface area contributed by atoms with Crippen molar-refractivity contribution < 1.29 is 8.83 Å². The molecule has 0 saturated carbocycles. The molecule has 234 valence electrons. The van der Waals surface area contributed by atoms with Gasteiger partial charge in [-0.3, -0.25) is 4.98 Å². The third-order valence-electron chi connectivity index (χ3n) is 9.43. The zero-order valence-electron chi connectivity index (χ0n) is 26.7. The lowest BCUT2D eigenvalue weighted by atomic mass is 9.95. The van der Waals surface area contributed by atoms with Crippen molar-refractivity contribution in [1.82, 2.24) is 15.0 Å². The molecule has 0 spiro atoms. The molecule has 4 heterocycles. The van der Waals surface area contributed by atoms with Gasteiger partial charge in [-0.15, -0.1) is 0 Å². The van der Waals surface area contributed by atoms with Gasteiger partial charge in [0.2, 0.25) is 0 Å². The minimum atomic E-state index is 0.583. The highest BCUT2D eigenvalue weighted by molar-refractivity contribution is 6.19. The van der Waals surface area contributed by atoms with Crippen molar-refractivity contribution in [2.45, 2.75) is 0 Å². The SMILES string of the molecule is c1ccc(-c2cc(-c3ccccc3-c3cccnc3)nc(-c3ccc(-c4cccc5c4oc4ccccc45)c4c3oc3ccccc34)n2)cc1. The van der Waals surface area contributed by atoms with Gasteiger partial charge in [0, 0.05) is 56.2 Å². The Morgan fingerprint density at radius 2 is 1.04 bits per heavy atom. The van der Waals surface area contributed by atoms with Crippen molar-refractivity contribution in [1.29, 1.82) is 0 Å². The fraction of sp³-hybridized carbons (Fsp3) is 0. The number of aromatic nitrogens is 3. The Bertz CT molecular complexity index is 2870. The Kier molecular flexibility index (Phi) is 6.42. The molecule has 0 bridgehead atoms. The van der Waals surface area contributed by atoms with Crippen LogP contribution in [-0.4, -0.2) is 15.0 Å². The van der Waals surface area contributed by atoms with E-state index < -0.39 is 0 Å². The highest BCUT2D eigenvalue weighted by atomic mass is 16.3. The molecule has 5 nitrogen and oxygen atoms in total. The van der Waals surface area contributed by atoms with Gasteiger partial charge in [-0.05, 0) is 41.5 Å². The van der Waals surface area contributed by atoms with Gasteiger partial charge < -0.3 is 8.83 Å². The maximum Gasteiger partial charge on any atom is 0.164 e. The largest absolute Gasteiger partial charge is 0.455 e. The fourth-order valence-corrected chi connectivity index (χ4v) is 7.13. The van der Waals surface area contributed by atoms with Gasteiger partial charge in [0.25, 0.3) is 0 Å². The summed E-state index contributed by atoms with van der Waals surface area (Å²) in [7, 11) is 0. The summed E-state index contributed by atoms with van der Waals surface area (Å²) in [5, 5.41) is 4.20. The highest BCUT2D eigenvalue weighted by Gasteiger charge is 2.22. The smallest absolute Gasteiger partial charge is 0.164 e. The topological polar surface area (TPSA) is 65.0 Å². The van der Waals surface area contributed by atoms with E-state index >= 15 is 0 Å². The van der Waals surface area contributed by atoms with Crippen LogP contribution >= 0.6 is 0 Å². The monoisotopic (exact) mass is 641 g/mol. The van der Waals surface area contributed by atoms with Gasteiger partial charge in [-0.2, -0.15) is 0 Å². The Hall–Kier alpha value is -6.85. The number of fused-ring (bicyclic) bond motifs is 6. The molecule has 10 aromatic rings. The summed E-state index contributed by atoms with van der Waals surface area (Å²) in [6, 6.07) is 51.6. The molecule has 0 amide bonds. The lowest BCUT2D eigenvalue weighted by Crippen LogP contribution is -1.97. The van der Waals surface area contributed by atoms with Gasteiger partial charge >= 0.3 is 0 Å². The maximum absolute atomic E-state index is 6.74. The number of benzene rings is 6. The average molecular weight is 642 g/mol. The first-order valence-electron chi connectivity index (χ1n) is 16.6. The lowest BCUT2D eigenvalue weighted by molar-refractivity contribution is 0.669. The van der Waals surface area contributed by atoms with E-state index in [-0.39, 0.29) is 0 Å². The van der Waals surface area contributed by atoms with Crippen molar-refractivity contribution in [3.63, 3.8) is 0 Å². The standard InChI is InChI=1S/C45H27N3O2/c1-2-12-28(13-3-1)38-26-39(31-16-5-4-15-30(31)29-14-11-25-46-27-29)48-45(47-38)37-24-23-33(42-36-18-7-9-22-41(36)50-44(37)42)35-20-10-19-34-32-17-6-8-21-40(32)49-43(34)35/h1-27H. The first-order valence-corrected chi connectivity index (χ1v) is 16.6. The minimum Gasteiger partial charge on any atom is -0.455 e. The van der Waals surface area contributed by atoms with Crippen LogP contribution in [0.3, 0.4) is 0 Å². The van der Waals surface area contributed by atoms with Crippen LogP contribution in [0.4, 0.5) is 0 Å². The number of nitrogens with zero attached hydrogens (tertiary/aromatic N) is 3. The van der Waals surface area contributed by atoms with Crippen LogP contribution in [0.1, 0.15) is 0 Å². The third-order valence-corrected chi connectivity index (χ3v) is 9.43. The highest BCUT2D eigenvalue weighted by Crippen LogP contribution is 2.45. The van der Waals surface area contributed by atoms with Crippen LogP contribution in [-0.2, 0) is 0 Å². The number of hydrogen-bond acceptors (Lipinski definition) is 5. The summed E-state index contributed by atoms with van der Waals surface area (Å²) in [5.41, 5.74) is 11.8. The molecule has 0 N–H and O–H groups in total. The van der Waals surface area contributed by atoms with Crippen LogP contribution in [0.15, 0.2) is 173 Å². The van der Waals surface area contributed by atoms with Crippen LogP contribution in [0.5, 0.6) is 0 Å². The Morgan fingerprint density at radius 3 is 1.88 bits per heavy atom. The third kappa shape index (κ3) is 4.52. The molecule has 10 rings (SSSR count). The lowest BCUT2D eigenvalue weighted by Gasteiger charge is -2.13. The predicted molar refractivity (Wildman–Crippen MR) is 202 cm³/mol. The maximum atomic E-state index is 6.74. The molecule has 0 radical (unpaired) electrons. The van der Waals surface area contributed by atoms with Crippen LogP contribution in [0, 0.1) is 0 Å². The second-order valence-corrected chi connectivity index (χ2v) is 12.4. The van der Waals surface area contributed by atoms with Crippen molar-refractivity contribution in [3.8, 4) is 56.2 Å². The molecule has 4 aromatic heterocycles. The van der Waals surface area contributed by atoms with Crippen LogP contribution in [0.25, 0.3) is 100 Å². The van der Waals surface area contributed by atoms with E-state index in [4.69, 9.17) is 18.8 Å². The number of rotatable bonds is 5. The average Bonchev–Trinajstić information content (AvgIpc) is 3.77. The molecule has 0 fully saturated rings.